The molecule has 0 saturated heterocycles. The molecule has 0 bridgehead atoms. The third-order valence-corrected chi connectivity index (χ3v) is 5.30. The van der Waals surface area contributed by atoms with Crippen molar-refractivity contribution in [2.75, 3.05) is 24.6 Å². The standard InChI is InChI=1S/C21H23ClF4N6O/c1-4-7-31(13(3)21(24,25)26)19-17(18(22)30-20-28-11-29-32(19)20)16-12(2)9-14(10-15(16)23)33-8-5-6-27/h4,9-11,13H,1,5-8,27H2,2-3H3/t13-/m0/s1. The Bertz CT molecular complexity index is 1130. The topological polar surface area (TPSA) is 81.6 Å². The Kier molecular flexibility index (Phi) is 7.43. The molecule has 0 unspecified atom stereocenters. The van der Waals surface area contributed by atoms with Crippen molar-refractivity contribution in [2.45, 2.75) is 32.5 Å². The van der Waals surface area contributed by atoms with E-state index in [1.165, 1.54) is 6.08 Å². The number of aryl methyl sites for hydroxylation is 1. The van der Waals surface area contributed by atoms with Crippen molar-refractivity contribution in [3.8, 4) is 16.9 Å². The Labute approximate surface area is 192 Å². The smallest absolute Gasteiger partial charge is 0.408 e. The zero-order chi connectivity index (χ0) is 24.3. The van der Waals surface area contributed by atoms with Crippen LogP contribution < -0.4 is 15.4 Å². The van der Waals surface area contributed by atoms with E-state index >= 15 is 4.39 Å². The number of anilines is 1. The van der Waals surface area contributed by atoms with Crippen LogP contribution in [-0.2, 0) is 0 Å². The summed E-state index contributed by atoms with van der Waals surface area (Å²) < 4.78 is 63.3. The second-order valence-electron chi connectivity index (χ2n) is 7.32. The molecule has 7 nitrogen and oxygen atoms in total. The van der Waals surface area contributed by atoms with Gasteiger partial charge in [0.2, 0.25) is 0 Å². The van der Waals surface area contributed by atoms with Crippen molar-refractivity contribution < 1.29 is 22.3 Å². The van der Waals surface area contributed by atoms with Gasteiger partial charge in [0.1, 0.15) is 34.9 Å². The van der Waals surface area contributed by atoms with Gasteiger partial charge in [-0.25, -0.2) is 4.39 Å². The number of ether oxygens (including phenoxy) is 1. The van der Waals surface area contributed by atoms with Crippen LogP contribution in [0.4, 0.5) is 23.4 Å². The zero-order valence-electron chi connectivity index (χ0n) is 18.0. The Morgan fingerprint density at radius 3 is 2.67 bits per heavy atom. The molecule has 0 aliphatic carbocycles. The fraction of sp³-hybridized carbons (Fsp3) is 0.381. The third kappa shape index (κ3) is 5.03. The predicted octanol–water partition coefficient (Wildman–Crippen LogP) is 4.56. The van der Waals surface area contributed by atoms with Crippen LogP contribution in [0.15, 0.2) is 31.1 Å². The maximum absolute atomic E-state index is 15.4. The minimum absolute atomic E-state index is 0.0190. The summed E-state index contributed by atoms with van der Waals surface area (Å²) in [6.45, 7) is 6.64. The number of rotatable bonds is 9. The molecule has 178 valence electrons. The number of alkyl halides is 3. The lowest BCUT2D eigenvalue weighted by Crippen LogP contribution is -2.45. The molecule has 33 heavy (non-hydrogen) atoms. The number of hydrogen-bond acceptors (Lipinski definition) is 6. The monoisotopic (exact) mass is 486 g/mol. The number of halogens is 5. The van der Waals surface area contributed by atoms with Gasteiger partial charge in [0.05, 0.1) is 12.2 Å². The minimum atomic E-state index is -4.60. The number of benzene rings is 1. The fourth-order valence-corrected chi connectivity index (χ4v) is 3.67. The zero-order valence-corrected chi connectivity index (χ0v) is 18.8. The van der Waals surface area contributed by atoms with Crippen LogP contribution in [-0.4, -0.2) is 51.5 Å². The Morgan fingerprint density at radius 2 is 2.06 bits per heavy atom. The molecule has 2 aromatic heterocycles. The number of aromatic nitrogens is 4. The van der Waals surface area contributed by atoms with E-state index < -0.39 is 18.0 Å². The Balaban J connectivity index is 2.28. The van der Waals surface area contributed by atoms with Crippen LogP contribution in [0.25, 0.3) is 16.9 Å². The number of hydrogen-bond donors (Lipinski definition) is 1. The number of nitrogens with two attached hydrogens (primary N) is 1. The Morgan fingerprint density at radius 1 is 1.33 bits per heavy atom. The molecule has 0 saturated carbocycles. The summed E-state index contributed by atoms with van der Waals surface area (Å²) in [4.78, 5) is 9.04. The molecule has 0 aliphatic rings. The largest absolute Gasteiger partial charge is 0.493 e. The molecule has 2 heterocycles. The summed E-state index contributed by atoms with van der Waals surface area (Å²) >= 11 is 6.41. The lowest BCUT2D eigenvalue weighted by Gasteiger charge is -2.33. The van der Waals surface area contributed by atoms with Crippen molar-refractivity contribution in [3.63, 3.8) is 0 Å². The lowest BCUT2D eigenvalue weighted by molar-refractivity contribution is -0.144. The molecule has 12 heteroatoms. The summed E-state index contributed by atoms with van der Waals surface area (Å²) in [5.41, 5.74) is 5.77. The lowest BCUT2D eigenvalue weighted by atomic mass is 10.00. The molecule has 2 N–H and O–H groups in total. The van der Waals surface area contributed by atoms with Gasteiger partial charge in [-0.3, -0.25) is 0 Å². The highest BCUT2D eigenvalue weighted by atomic mass is 35.5. The molecular formula is C21H23ClF4N6O. The molecular weight excluding hydrogens is 464 g/mol. The van der Waals surface area contributed by atoms with Crippen molar-refractivity contribution in [3.05, 3.63) is 47.6 Å². The van der Waals surface area contributed by atoms with Crippen molar-refractivity contribution in [1.82, 2.24) is 19.6 Å². The van der Waals surface area contributed by atoms with Gasteiger partial charge in [-0.1, -0.05) is 17.7 Å². The second kappa shape index (κ2) is 9.92. The fourth-order valence-electron chi connectivity index (χ4n) is 3.41. The van der Waals surface area contributed by atoms with E-state index in [-0.39, 0.29) is 40.2 Å². The van der Waals surface area contributed by atoms with Crippen LogP contribution in [0.1, 0.15) is 18.9 Å². The SMILES string of the molecule is C=CCN(c1c(-c2c(C)cc(OCCCN)cc2F)c(Cl)nc2ncnn12)[C@@H](C)C(F)(F)F. The average molecular weight is 487 g/mol. The summed E-state index contributed by atoms with van der Waals surface area (Å²) in [6, 6.07) is 0.753. The van der Waals surface area contributed by atoms with Crippen LogP contribution in [0, 0.1) is 12.7 Å². The second-order valence-corrected chi connectivity index (χ2v) is 7.68. The van der Waals surface area contributed by atoms with E-state index in [9.17, 15) is 13.2 Å². The van der Waals surface area contributed by atoms with Gasteiger partial charge in [0.25, 0.3) is 5.78 Å². The van der Waals surface area contributed by atoms with Gasteiger partial charge < -0.3 is 15.4 Å². The molecule has 3 aromatic rings. The highest BCUT2D eigenvalue weighted by molar-refractivity contribution is 6.33. The van der Waals surface area contributed by atoms with Crippen molar-refractivity contribution in [1.29, 1.82) is 0 Å². The number of nitrogens with zero attached hydrogens (tertiary/aromatic N) is 5. The van der Waals surface area contributed by atoms with E-state index in [0.717, 1.165) is 28.7 Å². The number of fused-ring (bicyclic) bond motifs is 1. The van der Waals surface area contributed by atoms with Gasteiger partial charge in [0, 0.05) is 18.2 Å². The first-order chi connectivity index (χ1) is 15.6. The first kappa shape index (κ1) is 24.7. The molecule has 0 fully saturated rings. The van der Waals surface area contributed by atoms with Gasteiger partial charge >= 0.3 is 6.18 Å². The van der Waals surface area contributed by atoms with E-state index in [4.69, 9.17) is 22.1 Å². The summed E-state index contributed by atoms with van der Waals surface area (Å²) in [5.74, 6) is -0.602. The summed E-state index contributed by atoms with van der Waals surface area (Å²) in [6.07, 6.45) is -1.58. The molecule has 0 amide bonds. The van der Waals surface area contributed by atoms with E-state index in [2.05, 4.69) is 21.6 Å². The molecule has 1 atom stereocenters. The predicted molar refractivity (Wildman–Crippen MR) is 118 cm³/mol. The van der Waals surface area contributed by atoms with Crippen LogP contribution in [0.2, 0.25) is 5.15 Å². The van der Waals surface area contributed by atoms with Crippen molar-refractivity contribution >= 4 is 23.2 Å². The molecule has 3 rings (SSSR count). The van der Waals surface area contributed by atoms with Crippen molar-refractivity contribution in [2.24, 2.45) is 5.73 Å². The molecule has 1 aromatic carbocycles. The molecule has 0 spiro atoms. The summed E-state index contributed by atoms with van der Waals surface area (Å²) in [7, 11) is 0. The first-order valence-corrected chi connectivity index (χ1v) is 10.4. The van der Waals surface area contributed by atoms with E-state index in [1.54, 1.807) is 13.0 Å². The normalized spacial score (nSPS) is 12.7. The van der Waals surface area contributed by atoms with Gasteiger partial charge in [0.15, 0.2) is 0 Å². The third-order valence-electron chi connectivity index (χ3n) is 5.03. The van der Waals surface area contributed by atoms with Gasteiger partial charge in [-0.2, -0.15) is 32.8 Å². The maximum Gasteiger partial charge on any atom is 0.408 e. The van der Waals surface area contributed by atoms with Gasteiger partial charge in [-0.05, 0) is 38.4 Å². The van der Waals surface area contributed by atoms with Crippen LogP contribution >= 0.6 is 11.6 Å². The molecule has 0 radical (unpaired) electrons. The van der Waals surface area contributed by atoms with Gasteiger partial charge in [-0.15, -0.1) is 6.58 Å². The summed E-state index contributed by atoms with van der Waals surface area (Å²) in [5, 5.41) is 3.81. The van der Waals surface area contributed by atoms with E-state index in [0.29, 0.717) is 25.1 Å². The quantitative estimate of drug-likeness (QED) is 0.207. The molecule has 0 aliphatic heterocycles. The van der Waals surface area contributed by atoms with Crippen LogP contribution in [0.3, 0.4) is 0 Å². The first-order valence-electron chi connectivity index (χ1n) is 10.1. The maximum atomic E-state index is 15.4. The average Bonchev–Trinajstić information content (AvgIpc) is 3.19. The Hall–Kier alpha value is -2.92. The highest BCUT2D eigenvalue weighted by Crippen LogP contribution is 2.42. The highest BCUT2D eigenvalue weighted by Gasteiger charge is 2.42. The van der Waals surface area contributed by atoms with Crippen LogP contribution in [0.5, 0.6) is 5.75 Å². The minimum Gasteiger partial charge on any atom is -0.493 e. The van der Waals surface area contributed by atoms with E-state index in [1.807, 2.05) is 0 Å².